The van der Waals surface area contributed by atoms with Crippen LogP contribution in [0.2, 0.25) is 0 Å². The predicted molar refractivity (Wildman–Crippen MR) is 202 cm³/mol. The summed E-state index contributed by atoms with van der Waals surface area (Å²) >= 11 is 0. The van der Waals surface area contributed by atoms with Crippen molar-refractivity contribution in [2.45, 2.75) is 77.8 Å². The van der Waals surface area contributed by atoms with E-state index in [2.05, 4.69) is 165 Å². The maximum Gasteiger partial charge on any atom is 0.495 e. The van der Waals surface area contributed by atoms with Gasteiger partial charge in [-0.3, -0.25) is 0 Å². The molecule has 0 spiro atoms. The van der Waals surface area contributed by atoms with E-state index in [1.165, 1.54) is 10.8 Å². The Labute approximate surface area is 286 Å². The van der Waals surface area contributed by atoms with E-state index in [-0.39, 0.29) is 0 Å². The summed E-state index contributed by atoms with van der Waals surface area (Å²) in [5, 5.41) is 4.67. The second-order valence-corrected chi connectivity index (χ2v) is 15.1. The van der Waals surface area contributed by atoms with Crippen molar-refractivity contribution in [3.8, 4) is 0 Å². The van der Waals surface area contributed by atoms with E-state index in [9.17, 15) is 0 Å². The first-order valence-electron chi connectivity index (χ1n) is 17.0. The molecule has 2 heterocycles. The molecule has 2 aliphatic rings. The van der Waals surface area contributed by atoms with Crippen molar-refractivity contribution in [1.29, 1.82) is 0 Å². The van der Waals surface area contributed by atoms with Crippen LogP contribution in [0.3, 0.4) is 0 Å². The normalized spacial score (nSPS) is 20.2. The van der Waals surface area contributed by atoms with E-state index in [1.54, 1.807) is 0 Å². The molecule has 242 valence electrons. The zero-order valence-corrected chi connectivity index (χ0v) is 29.3. The van der Waals surface area contributed by atoms with Crippen molar-refractivity contribution in [1.82, 2.24) is 0 Å². The molecule has 0 atom stereocenters. The van der Waals surface area contributed by atoms with Crippen molar-refractivity contribution in [3.05, 3.63) is 131 Å². The van der Waals surface area contributed by atoms with Crippen LogP contribution in [0.5, 0.6) is 0 Å². The van der Waals surface area contributed by atoms with Gasteiger partial charge < -0.3 is 18.6 Å². The Kier molecular flexibility index (Phi) is 8.08. The van der Waals surface area contributed by atoms with Gasteiger partial charge in [-0.25, -0.2) is 0 Å². The molecule has 0 saturated carbocycles. The average molecular weight is 634 g/mol. The fraction of sp³-hybridized carbons (Fsp3) is 0.286. The molecule has 0 amide bonds. The standard InChI is InChI=1S/C42H44B2O4/c1-39(2)40(3,4)46-43(45-39)37(29-17-11-9-12-18-29)26-33-23-15-21-31-25-32-22-16-24-34(36(32)28-35(31)33)27-38(30-19-13-10-14-20-30)44-47-41(5,6)42(7,8)48-44/h9-28H,1-8H3/b37-26-,38-27-. The highest BCUT2D eigenvalue weighted by atomic mass is 16.7. The molecule has 5 aromatic rings. The number of hydrogen-bond acceptors (Lipinski definition) is 4. The minimum Gasteiger partial charge on any atom is -0.399 e. The van der Waals surface area contributed by atoms with E-state index in [4.69, 9.17) is 18.6 Å². The topological polar surface area (TPSA) is 36.9 Å². The first kappa shape index (κ1) is 32.6. The number of fused-ring (bicyclic) bond motifs is 2. The smallest absolute Gasteiger partial charge is 0.399 e. The highest BCUT2D eigenvalue weighted by Gasteiger charge is 2.53. The average Bonchev–Trinajstić information content (AvgIpc) is 3.41. The largest absolute Gasteiger partial charge is 0.495 e. The lowest BCUT2D eigenvalue weighted by molar-refractivity contribution is 0.00578. The molecular weight excluding hydrogens is 590 g/mol. The Morgan fingerprint density at radius 1 is 0.438 bits per heavy atom. The second kappa shape index (κ2) is 11.9. The van der Waals surface area contributed by atoms with Gasteiger partial charge >= 0.3 is 14.2 Å². The van der Waals surface area contributed by atoms with Gasteiger partial charge in [0, 0.05) is 0 Å². The molecule has 0 N–H and O–H groups in total. The number of rotatable bonds is 6. The molecule has 0 radical (unpaired) electrons. The SMILES string of the molecule is CC1(C)OB(/C(=C\c2cccc3cc4cccc(/C=C(\B5OC(C)(C)C(C)(C)O5)c5ccccc5)c4cc23)c2ccccc2)OC1(C)C. The van der Waals surface area contributed by atoms with Gasteiger partial charge in [-0.2, -0.15) is 0 Å². The molecule has 2 fully saturated rings. The van der Waals surface area contributed by atoms with Gasteiger partial charge in [0.25, 0.3) is 0 Å². The van der Waals surface area contributed by atoms with Crippen molar-refractivity contribution >= 4 is 58.9 Å². The molecule has 0 aliphatic carbocycles. The molecule has 2 saturated heterocycles. The second-order valence-electron chi connectivity index (χ2n) is 15.1. The van der Waals surface area contributed by atoms with E-state index in [1.807, 2.05) is 12.1 Å². The van der Waals surface area contributed by atoms with Crippen LogP contribution in [0.4, 0.5) is 0 Å². The van der Waals surface area contributed by atoms with E-state index < -0.39 is 36.6 Å². The van der Waals surface area contributed by atoms with Crippen LogP contribution in [0.1, 0.15) is 77.6 Å². The summed E-state index contributed by atoms with van der Waals surface area (Å²) in [6.07, 6.45) is 4.48. The Morgan fingerprint density at radius 3 is 1.15 bits per heavy atom. The first-order chi connectivity index (χ1) is 22.7. The molecule has 2 aliphatic heterocycles. The minimum absolute atomic E-state index is 0.449. The molecule has 0 bridgehead atoms. The summed E-state index contributed by atoms with van der Waals surface area (Å²) in [6, 6.07) is 38.4. The molecule has 48 heavy (non-hydrogen) atoms. The van der Waals surface area contributed by atoms with Crippen LogP contribution in [0.15, 0.2) is 109 Å². The van der Waals surface area contributed by atoms with Gasteiger partial charge in [0.2, 0.25) is 0 Å². The van der Waals surface area contributed by atoms with Gasteiger partial charge in [-0.15, -0.1) is 0 Å². The van der Waals surface area contributed by atoms with Crippen LogP contribution in [0.25, 0.3) is 44.6 Å². The van der Waals surface area contributed by atoms with E-state index in [0.717, 1.165) is 44.0 Å². The monoisotopic (exact) mass is 634 g/mol. The number of benzene rings is 5. The van der Waals surface area contributed by atoms with Gasteiger partial charge in [-0.05, 0) is 122 Å². The van der Waals surface area contributed by atoms with Crippen LogP contribution in [0, 0.1) is 0 Å². The van der Waals surface area contributed by atoms with Gasteiger partial charge in [0.15, 0.2) is 0 Å². The third-order valence-electron chi connectivity index (χ3n) is 10.8. The summed E-state index contributed by atoms with van der Waals surface area (Å²) < 4.78 is 26.4. The van der Waals surface area contributed by atoms with Crippen LogP contribution in [-0.2, 0) is 18.6 Å². The maximum atomic E-state index is 6.60. The third-order valence-corrected chi connectivity index (χ3v) is 10.8. The van der Waals surface area contributed by atoms with Gasteiger partial charge in [0.1, 0.15) is 0 Å². The summed E-state index contributed by atoms with van der Waals surface area (Å²) in [5.41, 5.74) is 4.58. The van der Waals surface area contributed by atoms with Crippen molar-refractivity contribution < 1.29 is 18.6 Å². The minimum atomic E-state index is -0.500. The predicted octanol–water partition coefficient (Wildman–Crippen LogP) is 10.3. The molecule has 5 aromatic carbocycles. The quantitative estimate of drug-likeness (QED) is 0.106. The Hall–Kier alpha value is -3.93. The lowest BCUT2D eigenvalue weighted by Gasteiger charge is -2.32. The van der Waals surface area contributed by atoms with Gasteiger partial charge in [0.05, 0.1) is 22.4 Å². The third kappa shape index (κ3) is 5.86. The van der Waals surface area contributed by atoms with Crippen LogP contribution < -0.4 is 0 Å². The summed E-state index contributed by atoms with van der Waals surface area (Å²) in [5.74, 6) is 0. The molecule has 6 heteroatoms. The first-order valence-corrected chi connectivity index (χ1v) is 17.0. The van der Waals surface area contributed by atoms with Crippen molar-refractivity contribution in [2.24, 2.45) is 0 Å². The Balaban J connectivity index is 1.39. The highest BCUT2D eigenvalue weighted by molar-refractivity contribution is 6.71. The van der Waals surface area contributed by atoms with E-state index in [0.29, 0.717) is 0 Å². The fourth-order valence-electron chi connectivity index (χ4n) is 6.46. The summed E-state index contributed by atoms with van der Waals surface area (Å²) in [4.78, 5) is 0. The maximum absolute atomic E-state index is 6.60. The van der Waals surface area contributed by atoms with E-state index >= 15 is 0 Å². The lowest BCUT2D eigenvalue weighted by atomic mass is 9.72. The van der Waals surface area contributed by atoms with Crippen LogP contribution >= 0.6 is 0 Å². The molecular formula is C42H44B2O4. The Bertz CT molecular complexity index is 1870. The fourth-order valence-corrected chi connectivity index (χ4v) is 6.46. The Morgan fingerprint density at radius 2 is 0.792 bits per heavy atom. The number of hydrogen-bond donors (Lipinski definition) is 0. The molecule has 0 unspecified atom stereocenters. The van der Waals surface area contributed by atoms with Gasteiger partial charge in [-0.1, -0.05) is 109 Å². The summed E-state index contributed by atoms with van der Waals surface area (Å²) in [6.45, 7) is 16.8. The molecule has 7 rings (SSSR count). The lowest BCUT2D eigenvalue weighted by Crippen LogP contribution is -2.41. The van der Waals surface area contributed by atoms with Crippen molar-refractivity contribution in [2.75, 3.05) is 0 Å². The summed E-state index contributed by atoms with van der Waals surface area (Å²) in [7, 11) is -1.00. The molecule has 0 aromatic heterocycles. The molecule has 4 nitrogen and oxygen atoms in total. The van der Waals surface area contributed by atoms with Crippen LogP contribution in [-0.4, -0.2) is 36.6 Å². The zero-order valence-electron chi connectivity index (χ0n) is 29.3. The highest BCUT2D eigenvalue weighted by Crippen LogP contribution is 2.43. The van der Waals surface area contributed by atoms with Crippen molar-refractivity contribution in [3.63, 3.8) is 0 Å². The zero-order chi connectivity index (χ0) is 33.9.